The summed E-state index contributed by atoms with van der Waals surface area (Å²) < 4.78 is 12.7. The second-order valence-electron chi connectivity index (χ2n) is 7.72. The number of nitro groups is 1. The average Bonchev–Trinajstić information content (AvgIpc) is 3.17. The van der Waals surface area contributed by atoms with Gasteiger partial charge in [0.1, 0.15) is 17.5 Å². The minimum absolute atomic E-state index is 0.00447. The van der Waals surface area contributed by atoms with Gasteiger partial charge >= 0.3 is 5.97 Å². The monoisotopic (exact) mass is 409 g/mol. The number of nitrogens with zero attached hydrogens (tertiary/aromatic N) is 3. The van der Waals surface area contributed by atoms with Gasteiger partial charge in [-0.15, -0.1) is 0 Å². The average molecular weight is 409 g/mol. The summed E-state index contributed by atoms with van der Waals surface area (Å²) in [7, 11) is 0. The van der Waals surface area contributed by atoms with Crippen molar-refractivity contribution in [3.63, 3.8) is 0 Å². The van der Waals surface area contributed by atoms with Crippen molar-refractivity contribution in [2.75, 3.05) is 6.61 Å². The highest BCUT2D eigenvalue weighted by Crippen LogP contribution is 2.26. The number of benzene rings is 1. The van der Waals surface area contributed by atoms with Crippen molar-refractivity contribution in [1.82, 2.24) is 9.38 Å². The van der Waals surface area contributed by atoms with Crippen molar-refractivity contribution in [2.24, 2.45) is 5.92 Å². The second kappa shape index (κ2) is 8.52. The van der Waals surface area contributed by atoms with E-state index < -0.39 is 4.92 Å². The number of hydrogen-bond acceptors (Lipinski definition) is 6. The van der Waals surface area contributed by atoms with Crippen LogP contribution in [0.5, 0.6) is 5.75 Å². The summed E-state index contributed by atoms with van der Waals surface area (Å²) in [6.45, 7) is 2.10. The van der Waals surface area contributed by atoms with E-state index in [0.29, 0.717) is 23.0 Å². The van der Waals surface area contributed by atoms with E-state index in [0.717, 1.165) is 31.2 Å². The van der Waals surface area contributed by atoms with Crippen LogP contribution in [0, 0.1) is 16.0 Å². The molecule has 30 heavy (non-hydrogen) atoms. The van der Waals surface area contributed by atoms with E-state index in [1.807, 2.05) is 12.1 Å². The van der Waals surface area contributed by atoms with Crippen LogP contribution >= 0.6 is 0 Å². The third kappa shape index (κ3) is 4.59. The van der Waals surface area contributed by atoms with Crippen LogP contribution in [0.15, 0.2) is 48.8 Å². The van der Waals surface area contributed by atoms with Crippen LogP contribution in [0.25, 0.3) is 16.9 Å². The highest BCUT2D eigenvalue weighted by atomic mass is 16.6. The number of carbonyl (C=O) groups excluding carboxylic acids is 1. The summed E-state index contributed by atoms with van der Waals surface area (Å²) in [5, 5.41) is 10.9. The van der Waals surface area contributed by atoms with Crippen molar-refractivity contribution in [3.05, 3.63) is 58.9 Å². The molecule has 0 amide bonds. The van der Waals surface area contributed by atoms with Crippen molar-refractivity contribution in [3.8, 4) is 17.0 Å². The Hall–Kier alpha value is -3.42. The molecule has 0 atom stereocenters. The molecule has 1 saturated carbocycles. The Bertz CT molecular complexity index is 1050. The number of carbonyl (C=O) groups is 1. The van der Waals surface area contributed by atoms with Crippen LogP contribution in [0.4, 0.5) is 5.69 Å². The van der Waals surface area contributed by atoms with Gasteiger partial charge in [0.05, 0.1) is 16.8 Å². The number of ether oxygens (including phenoxy) is 2. The molecule has 8 heteroatoms. The zero-order valence-electron chi connectivity index (χ0n) is 16.7. The topological polar surface area (TPSA) is 96.0 Å². The lowest BCUT2D eigenvalue weighted by Crippen LogP contribution is -2.26. The van der Waals surface area contributed by atoms with Gasteiger partial charge < -0.3 is 9.47 Å². The van der Waals surface area contributed by atoms with Gasteiger partial charge in [0, 0.05) is 17.8 Å². The van der Waals surface area contributed by atoms with Gasteiger partial charge in [0.25, 0.3) is 5.69 Å². The zero-order chi connectivity index (χ0) is 21.1. The Morgan fingerprint density at radius 2 is 1.87 bits per heavy atom. The van der Waals surface area contributed by atoms with Crippen LogP contribution in [-0.2, 0) is 9.53 Å². The maximum absolute atomic E-state index is 12.0. The van der Waals surface area contributed by atoms with Gasteiger partial charge in [0.2, 0.25) is 0 Å². The molecule has 156 valence electrons. The van der Waals surface area contributed by atoms with E-state index in [9.17, 15) is 14.9 Å². The summed E-state index contributed by atoms with van der Waals surface area (Å²) in [4.78, 5) is 27.0. The van der Waals surface area contributed by atoms with Gasteiger partial charge in [0.15, 0.2) is 6.61 Å². The molecule has 2 aromatic heterocycles. The van der Waals surface area contributed by atoms with Gasteiger partial charge in [-0.1, -0.05) is 6.92 Å². The highest BCUT2D eigenvalue weighted by Gasteiger charge is 2.21. The summed E-state index contributed by atoms with van der Waals surface area (Å²) in [5.74, 6) is 0.922. The molecule has 0 saturated heterocycles. The molecule has 1 aromatic carbocycles. The Balaban J connectivity index is 1.35. The van der Waals surface area contributed by atoms with E-state index in [1.54, 1.807) is 28.8 Å². The number of fused-ring (bicyclic) bond motifs is 1. The molecule has 1 aliphatic carbocycles. The zero-order valence-corrected chi connectivity index (χ0v) is 16.7. The highest BCUT2D eigenvalue weighted by molar-refractivity contribution is 5.71. The van der Waals surface area contributed by atoms with Crippen LogP contribution in [0.2, 0.25) is 0 Å². The Morgan fingerprint density at radius 1 is 1.13 bits per heavy atom. The first-order valence-corrected chi connectivity index (χ1v) is 10.0. The Morgan fingerprint density at radius 3 is 2.57 bits per heavy atom. The first-order chi connectivity index (χ1) is 14.5. The van der Waals surface area contributed by atoms with Gasteiger partial charge in [-0.3, -0.25) is 14.5 Å². The number of aromatic nitrogens is 2. The lowest BCUT2D eigenvalue weighted by molar-refractivity contribution is -0.385. The van der Waals surface area contributed by atoms with Crippen molar-refractivity contribution < 1.29 is 19.2 Å². The molecule has 4 rings (SSSR count). The van der Waals surface area contributed by atoms with Crippen LogP contribution in [-0.4, -0.2) is 33.0 Å². The summed E-state index contributed by atoms with van der Waals surface area (Å²) in [6, 6.07) is 10.2. The molecule has 0 N–H and O–H groups in total. The summed E-state index contributed by atoms with van der Waals surface area (Å²) in [5.41, 5.74) is 2.15. The van der Waals surface area contributed by atoms with E-state index in [-0.39, 0.29) is 24.4 Å². The molecule has 1 aliphatic rings. The molecule has 0 radical (unpaired) electrons. The minimum atomic E-state index is -0.439. The third-order valence-electron chi connectivity index (χ3n) is 5.41. The van der Waals surface area contributed by atoms with E-state index in [2.05, 4.69) is 11.9 Å². The second-order valence-corrected chi connectivity index (χ2v) is 7.72. The normalized spacial score (nSPS) is 18.8. The molecular weight excluding hydrogens is 386 g/mol. The largest absolute Gasteiger partial charge is 0.482 e. The lowest BCUT2D eigenvalue weighted by Gasteiger charge is -2.25. The van der Waals surface area contributed by atoms with E-state index >= 15 is 0 Å². The smallest absolute Gasteiger partial charge is 0.344 e. The lowest BCUT2D eigenvalue weighted by atomic mass is 9.89. The minimum Gasteiger partial charge on any atom is -0.482 e. The molecule has 3 aromatic rings. The molecule has 0 spiro atoms. The maximum Gasteiger partial charge on any atom is 0.344 e. The molecule has 0 bridgehead atoms. The fourth-order valence-corrected chi connectivity index (χ4v) is 3.66. The number of imidazole rings is 1. The Kier molecular flexibility index (Phi) is 5.65. The van der Waals surface area contributed by atoms with Gasteiger partial charge in [-0.2, -0.15) is 0 Å². The predicted molar refractivity (Wildman–Crippen MR) is 110 cm³/mol. The maximum atomic E-state index is 12.0. The van der Waals surface area contributed by atoms with Crippen LogP contribution < -0.4 is 4.74 Å². The Labute approximate surface area is 173 Å². The van der Waals surface area contributed by atoms with E-state index in [1.165, 1.54) is 12.3 Å². The van der Waals surface area contributed by atoms with Crippen LogP contribution in [0.1, 0.15) is 32.6 Å². The number of pyridine rings is 1. The molecular formula is C22H23N3O5. The quantitative estimate of drug-likeness (QED) is 0.340. The first-order valence-electron chi connectivity index (χ1n) is 10.0. The van der Waals surface area contributed by atoms with Gasteiger partial charge in [-0.25, -0.2) is 9.78 Å². The fraction of sp³-hybridized carbons (Fsp3) is 0.364. The molecule has 0 aliphatic heterocycles. The number of hydrogen-bond donors (Lipinski definition) is 0. The van der Waals surface area contributed by atoms with Gasteiger partial charge in [-0.05, 0) is 61.9 Å². The number of rotatable bonds is 6. The molecule has 8 nitrogen and oxygen atoms in total. The predicted octanol–water partition coefficient (Wildman–Crippen LogP) is 4.41. The third-order valence-corrected chi connectivity index (χ3v) is 5.41. The van der Waals surface area contributed by atoms with Crippen molar-refractivity contribution in [2.45, 2.75) is 38.7 Å². The molecule has 2 heterocycles. The van der Waals surface area contributed by atoms with E-state index in [4.69, 9.17) is 9.47 Å². The molecule has 0 unspecified atom stereocenters. The summed E-state index contributed by atoms with van der Waals surface area (Å²) in [6.07, 6.45) is 7.20. The number of esters is 1. The SMILES string of the molecule is CC1CCC(OC(=O)COc2ccc(-c3cn4cc([N+](=O)[O-])ccc4n3)cc2)CC1. The van der Waals surface area contributed by atoms with Crippen molar-refractivity contribution in [1.29, 1.82) is 0 Å². The first kappa shape index (κ1) is 19.9. The molecule has 1 fully saturated rings. The summed E-state index contributed by atoms with van der Waals surface area (Å²) >= 11 is 0. The fourth-order valence-electron chi connectivity index (χ4n) is 3.66. The standard InChI is InChI=1S/C22H23N3O5/c1-15-2-7-19(8-3-15)30-22(26)14-29-18-9-4-16(5-10-18)20-13-24-12-17(25(27)28)6-11-21(24)23-20/h4-6,9-13,15,19H,2-3,7-8,14H2,1H3. The van der Waals surface area contributed by atoms with Crippen LogP contribution in [0.3, 0.4) is 0 Å². The van der Waals surface area contributed by atoms with Crippen molar-refractivity contribution >= 4 is 17.3 Å².